The molecule has 1 aromatic carbocycles. The van der Waals surface area contributed by atoms with Gasteiger partial charge in [0.05, 0.1) is 4.70 Å². The summed E-state index contributed by atoms with van der Waals surface area (Å²) in [4.78, 5) is 11.0. The van der Waals surface area contributed by atoms with Crippen LogP contribution in [0.3, 0.4) is 0 Å². The van der Waals surface area contributed by atoms with E-state index in [1.165, 1.54) is 36.2 Å². The minimum atomic E-state index is -0.209. The first kappa shape index (κ1) is 12.4. The lowest BCUT2D eigenvalue weighted by molar-refractivity contribution is 0.568. The molecule has 0 amide bonds. The average Bonchev–Trinajstić information content (AvgIpc) is 2.69. The molecular weight excluding hydrogens is 232 g/mol. The summed E-state index contributed by atoms with van der Waals surface area (Å²) in [6.07, 6.45) is 4.87. The van der Waals surface area contributed by atoms with Gasteiger partial charge in [0.1, 0.15) is 5.58 Å². The highest BCUT2D eigenvalue weighted by Gasteiger charge is 2.11. The van der Waals surface area contributed by atoms with Crippen LogP contribution in [0.2, 0.25) is 0 Å². The van der Waals surface area contributed by atoms with Gasteiger partial charge in [-0.15, -0.1) is 0 Å². The molecule has 92 valence electrons. The molecule has 0 fully saturated rings. The third-order valence-electron chi connectivity index (χ3n) is 3.22. The number of fused-ring (bicyclic) bond motifs is 1. The maximum atomic E-state index is 11.2. The predicted octanol–water partition coefficient (Wildman–Crippen LogP) is 4.54. The molecule has 3 heteroatoms. The number of unbranched alkanes of at least 4 members (excludes halogenated alkanes) is 1. The molecule has 0 aliphatic heterocycles. The van der Waals surface area contributed by atoms with Gasteiger partial charge in [-0.1, -0.05) is 44.1 Å². The summed E-state index contributed by atoms with van der Waals surface area (Å²) in [5, 5.41) is 0. The highest BCUT2D eigenvalue weighted by Crippen LogP contribution is 2.29. The van der Waals surface area contributed by atoms with Crippen molar-refractivity contribution in [2.75, 3.05) is 0 Å². The fourth-order valence-corrected chi connectivity index (χ4v) is 2.92. The first-order valence-electron chi connectivity index (χ1n) is 6.28. The summed E-state index contributed by atoms with van der Waals surface area (Å²) in [5.41, 5.74) is 2.06. The van der Waals surface area contributed by atoms with Crippen molar-refractivity contribution >= 4 is 21.6 Å². The number of rotatable bonds is 5. The van der Waals surface area contributed by atoms with Crippen molar-refractivity contribution in [2.24, 2.45) is 0 Å². The van der Waals surface area contributed by atoms with E-state index in [1.807, 2.05) is 6.07 Å². The molecule has 2 nitrogen and oxygen atoms in total. The van der Waals surface area contributed by atoms with E-state index in [1.54, 1.807) is 0 Å². The SMILES string of the molecule is CCCCC(CC)c1ccc2oc(=O)sc2c1. The second kappa shape index (κ2) is 5.50. The topological polar surface area (TPSA) is 30.2 Å². The molecule has 1 aromatic heterocycles. The number of hydrogen-bond acceptors (Lipinski definition) is 3. The lowest BCUT2D eigenvalue weighted by Crippen LogP contribution is -1.96. The van der Waals surface area contributed by atoms with E-state index in [-0.39, 0.29) is 4.94 Å². The Morgan fingerprint density at radius 2 is 2.18 bits per heavy atom. The van der Waals surface area contributed by atoms with E-state index in [9.17, 15) is 4.79 Å². The molecule has 1 atom stereocenters. The average molecular weight is 250 g/mol. The van der Waals surface area contributed by atoms with Crippen molar-refractivity contribution in [1.82, 2.24) is 0 Å². The Morgan fingerprint density at radius 3 is 2.88 bits per heavy atom. The lowest BCUT2D eigenvalue weighted by atomic mass is 9.91. The third-order valence-corrected chi connectivity index (χ3v) is 4.01. The third kappa shape index (κ3) is 2.78. The summed E-state index contributed by atoms with van der Waals surface area (Å²) in [7, 11) is 0. The van der Waals surface area contributed by atoms with Crippen LogP contribution in [0.4, 0.5) is 0 Å². The summed E-state index contributed by atoms with van der Waals surface area (Å²) in [6.45, 7) is 4.44. The van der Waals surface area contributed by atoms with Crippen LogP contribution >= 0.6 is 11.3 Å². The normalized spacial score (nSPS) is 13.1. The predicted molar refractivity (Wildman–Crippen MR) is 72.9 cm³/mol. The van der Waals surface area contributed by atoms with E-state index in [0.717, 1.165) is 11.1 Å². The minimum absolute atomic E-state index is 0.209. The molecule has 2 aromatic rings. The van der Waals surface area contributed by atoms with Gasteiger partial charge in [-0.25, -0.2) is 4.79 Å². The van der Waals surface area contributed by atoms with Crippen LogP contribution in [-0.2, 0) is 0 Å². The summed E-state index contributed by atoms with van der Waals surface area (Å²) < 4.78 is 6.05. The molecule has 0 N–H and O–H groups in total. The first-order valence-corrected chi connectivity index (χ1v) is 7.09. The fourth-order valence-electron chi connectivity index (χ4n) is 2.20. The molecule has 2 rings (SSSR count). The van der Waals surface area contributed by atoms with Crippen molar-refractivity contribution in [3.8, 4) is 0 Å². The van der Waals surface area contributed by atoms with Crippen molar-refractivity contribution < 1.29 is 4.42 Å². The Balaban J connectivity index is 2.30. The van der Waals surface area contributed by atoms with Crippen LogP contribution in [0.15, 0.2) is 27.4 Å². The zero-order chi connectivity index (χ0) is 12.3. The second-order valence-corrected chi connectivity index (χ2v) is 5.38. The molecule has 0 saturated heterocycles. The smallest absolute Gasteiger partial charge is 0.396 e. The highest BCUT2D eigenvalue weighted by molar-refractivity contribution is 7.16. The van der Waals surface area contributed by atoms with Gasteiger partial charge in [0.15, 0.2) is 0 Å². The van der Waals surface area contributed by atoms with Gasteiger partial charge in [-0.05, 0) is 36.5 Å². The van der Waals surface area contributed by atoms with E-state index >= 15 is 0 Å². The van der Waals surface area contributed by atoms with Crippen LogP contribution in [0, 0.1) is 0 Å². The monoisotopic (exact) mass is 250 g/mol. The molecule has 0 aliphatic rings. The van der Waals surface area contributed by atoms with Crippen LogP contribution in [0.1, 0.15) is 51.0 Å². The maximum Gasteiger partial charge on any atom is 0.396 e. The van der Waals surface area contributed by atoms with Gasteiger partial charge >= 0.3 is 4.94 Å². The molecule has 0 saturated carbocycles. The molecule has 0 aliphatic carbocycles. The summed E-state index contributed by atoms with van der Waals surface area (Å²) in [5.74, 6) is 0.608. The molecule has 0 bridgehead atoms. The fraction of sp³-hybridized carbons (Fsp3) is 0.500. The van der Waals surface area contributed by atoms with Crippen molar-refractivity contribution in [3.63, 3.8) is 0 Å². The molecular formula is C14H18O2S. The Bertz CT molecular complexity index is 538. The number of benzene rings is 1. The zero-order valence-electron chi connectivity index (χ0n) is 10.4. The van der Waals surface area contributed by atoms with Crippen molar-refractivity contribution in [3.05, 3.63) is 33.5 Å². The van der Waals surface area contributed by atoms with Gasteiger partial charge in [-0.3, -0.25) is 0 Å². The molecule has 1 unspecified atom stereocenters. The Kier molecular flexibility index (Phi) is 4.00. The van der Waals surface area contributed by atoms with E-state index in [0.29, 0.717) is 11.5 Å². The van der Waals surface area contributed by atoms with E-state index < -0.39 is 0 Å². The lowest BCUT2D eigenvalue weighted by Gasteiger charge is -2.14. The zero-order valence-corrected chi connectivity index (χ0v) is 11.2. The minimum Gasteiger partial charge on any atom is -0.414 e. The second-order valence-electron chi connectivity index (χ2n) is 4.41. The Hall–Kier alpha value is -1.09. The quantitative estimate of drug-likeness (QED) is 0.780. The number of hydrogen-bond donors (Lipinski definition) is 0. The molecule has 17 heavy (non-hydrogen) atoms. The van der Waals surface area contributed by atoms with E-state index in [2.05, 4.69) is 26.0 Å². The van der Waals surface area contributed by atoms with Crippen molar-refractivity contribution in [2.45, 2.75) is 45.4 Å². The van der Waals surface area contributed by atoms with Gasteiger partial charge in [-0.2, -0.15) is 0 Å². The standard InChI is InChI=1S/C14H18O2S/c1-3-5-6-10(4-2)11-7-8-12-13(9-11)17-14(15)16-12/h7-10H,3-6H2,1-2H3. The van der Waals surface area contributed by atoms with Gasteiger partial charge in [0.25, 0.3) is 0 Å². The Morgan fingerprint density at radius 1 is 1.35 bits per heavy atom. The summed E-state index contributed by atoms with van der Waals surface area (Å²) in [6, 6.07) is 6.15. The molecule has 1 heterocycles. The van der Waals surface area contributed by atoms with E-state index in [4.69, 9.17) is 4.42 Å². The van der Waals surface area contributed by atoms with Gasteiger partial charge in [0.2, 0.25) is 0 Å². The largest absolute Gasteiger partial charge is 0.414 e. The van der Waals surface area contributed by atoms with Crippen LogP contribution in [0.5, 0.6) is 0 Å². The Labute approximate surface area is 105 Å². The first-order chi connectivity index (χ1) is 8.24. The summed E-state index contributed by atoms with van der Waals surface area (Å²) >= 11 is 1.20. The molecule has 0 spiro atoms. The van der Waals surface area contributed by atoms with Crippen LogP contribution in [-0.4, -0.2) is 0 Å². The maximum absolute atomic E-state index is 11.2. The van der Waals surface area contributed by atoms with Crippen LogP contribution < -0.4 is 4.94 Å². The molecule has 0 radical (unpaired) electrons. The van der Waals surface area contributed by atoms with Gasteiger partial charge < -0.3 is 4.42 Å². The van der Waals surface area contributed by atoms with Crippen molar-refractivity contribution in [1.29, 1.82) is 0 Å². The van der Waals surface area contributed by atoms with Gasteiger partial charge in [0, 0.05) is 0 Å². The van der Waals surface area contributed by atoms with Crippen LogP contribution in [0.25, 0.3) is 10.3 Å². The highest BCUT2D eigenvalue weighted by atomic mass is 32.1.